The number of nitrogens with zero attached hydrogens (tertiary/aromatic N) is 3. The summed E-state index contributed by atoms with van der Waals surface area (Å²) >= 11 is 0. The Morgan fingerprint density at radius 1 is 0.880 bits per heavy atom. The SMILES string of the molecule is O=C(c1cccnc1)N1CCN(C(=O)c2ccc(F)c(F)c2F)CC1. The Balaban J connectivity index is 1.67. The van der Waals surface area contributed by atoms with Gasteiger partial charge in [-0.05, 0) is 24.3 Å². The van der Waals surface area contributed by atoms with Crippen LogP contribution in [0.3, 0.4) is 0 Å². The van der Waals surface area contributed by atoms with Gasteiger partial charge in [-0.25, -0.2) is 13.2 Å². The predicted octanol–water partition coefficient (Wildman–Crippen LogP) is 2.10. The molecule has 25 heavy (non-hydrogen) atoms. The number of halogens is 3. The molecule has 2 aromatic rings. The highest BCUT2D eigenvalue weighted by molar-refractivity contribution is 5.96. The summed E-state index contributed by atoms with van der Waals surface area (Å²) in [6, 6.07) is 4.93. The first-order valence-electron chi connectivity index (χ1n) is 7.61. The minimum Gasteiger partial charge on any atom is -0.335 e. The molecule has 2 heterocycles. The molecule has 1 aliphatic rings. The fraction of sp³-hybridized carbons (Fsp3) is 0.235. The number of carbonyl (C=O) groups excluding carboxylic acids is 2. The van der Waals surface area contributed by atoms with E-state index in [0.717, 1.165) is 6.07 Å². The lowest BCUT2D eigenvalue weighted by molar-refractivity contribution is 0.0532. The van der Waals surface area contributed by atoms with Crippen molar-refractivity contribution in [2.45, 2.75) is 0 Å². The molecule has 0 radical (unpaired) electrons. The first kappa shape index (κ1) is 16.9. The molecule has 0 saturated carbocycles. The minimum absolute atomic E-state index is 0.170. The Bertz CT molecular complexity index is 806. The number of rotatable bonds is 2. The highest BCUT2D eigenvalue weighted by Gasteiger charge is 2.28. The van der Waals surface area contributed by atoms with Crippen molar-refractivity contribution < 1.29 is 22.8 Å². The predicted molar refractivity (Wildman–Crippen MR) is 82.4 cm³/mol. The third-order valence-corrected chi connectivity index (χ3v) is 4.03. The van der Waals surface area contributed by atoms with Crippen molar-refractivity contribution in [2.24, 2.45) is 0 Å². The number of hydrogen-bond acceptors (Lipinski definition) is 3. The molecule has 1 fully saturated rings. The molecule has 5 nitrogen and oxygen atoms in total. The van der Waals surface area contributed by atoms with Crippen LogP contribution in [0.2, 0.25) is 0 Å². The largest absolute Gasteiger partial charge is 0.335 e. The van der Waals surface area contributed by atoms with Crippen LogP contribution in [-0.2, 0) is 0 Å². The summed E-state index contributed by atoms with van der Waals surface area (Å²) in [7, 11) is 0. The molecular formula is C17H14F3N3O2. The molecule has 1 saturated heterocycles. The molecule has 3 rings (SSSR count). The molecule has 2 amide bonds. The maximum atomic E-state index is 13.8. The Morgan fingerprint density at radius 3 is 2.12 bits per heavy atom. The maximum Gasteiger partial charge on any atom is 0.257 e. The summed E-state index contributed by atoms with van der Waals surface area (Å²) in [6.07, 6.45) is 3.01. The third kappa shape index (κ3) is 3.33. The lowest BCUT2D eigenvalue weighted by Crippen LogP contribution is -2.50. The molecule has 130 valence electrons. The normalized spacial score (nSPS) is 14.5. The van der Waals surface area contributed by atoms with E-state index in [-0.39, 0.29) is 32.1 Å². The van der Waals surface area contributed by atoms with E-state index in [2.05, 4.69) is 4.98 Å². The quantitative estimate of drug-likeness (QED) is 0.781. The van der Waals surface area contributed by atoms with Gasteiger partial charge in [0.05, 0.1) is 11.1 Å². The molecule has 1 aromatic heterocycles. The van der Waals surface area contributed by atoms with E-state index in [4.69, 9.17) is 0 Å². The lowest BCUT2D eigenvalue weighted by Gasteiger charge is -2.34. The third-order valence-electron chi connectivity index (χ3n) is 4.03. The zero-order chi connectivity index (χ0) is 18.0. The van der Waals surface area contributed by atoms with Crippen LogP contribution in [-0.4, -0.2) is 52.8 Å². The van der Waals surface area contributed by atoms with Gasteiger partial charge in [0.25, 0.3) is 11.8 Å². The summed E-state index contributed by atoms with van der Waals surface area (Å²) in [5.74, 6) is -5.46. The van der Waals surface area contributed by atoms with E-state index in [0.29, 0.717) is 11.6 Å². The first-order valence-corrected chi connectivity index (χ1v) is 7.61. The summed E-state index contributed by atoms with van der Waals surface area (Å²) < 4.78 is 40.0. The van der Waals surface area contributed by atoms with Gasteiger partial charge in [0.2, 0.25) is 0 Å². The first-order chi connectivity index (χ1) is 12.0. The Labute approximate surface area is 141 Å². The number of benzene rings is 1. The van der Waals surface area contributed by atoms with Crippen LogP contribution >= 0.6 is 0 Å². The van der Waals surface area contributed by atoms with Gasteiger partial charge in [0, 0.05) is 38.6 Å². The zero-order valence-electron chi connectivity index (χ0n) is 13.1. The smallest absolute Gasteiger partial charge is 0.257 e. The van der Waals surface area contributed by atoms with E-state index in [1.54, 1.807) is 23.2 Å². The van der Waals surface area contributed by atoms with Crippen LogP contribution < -0.4 is 0 Å². The Hall–Kier alpha value is -2.90. The van der Waals surface area contributed by atoms with E-state index in [1.165, 1.54) is 11.1 Å². The van der Waals surface area contributed by atoms with E-state index < -0.39 is 28.9 Å². The van der Waals surface area contributed by atoms with Crippen LogP contribution in [0.4, 0.5) is 13.2 Å². The molecule has 0 bridgehead atoms. The van der Waals surface area contributed by atoms with Gasteiger partial charge in [0.1, 0.15) is 0 Å². The molecule has 0 spiro atoms. The number of aromatic nitrogens is 1. The molecule has 1 aromatic carbocycles. The van der Waals surface area contributed by atoms with Gasteiger partial charge in [-0.3, -0.25) is 14.6 Å². The average Bonchev–Trinajstić information content (AvgIpc) is 2.66. The van der Waals surface area contributed by atoms with Gasteiger partial charge >= 0.3 is 0 Å². The standard InChI is InChI=1S/C17H14F3N3O2/c18-13-4-3-12(14(19)15(13)20)17(25)23-8-6-22(7-9-23)16(24)11-2-1-5-21-10-11/h1-5,10H,6-9H2. The summed E-state index contributed by atoms with van der Waals surface area (Å²) in [5, 5.41) is 0. The summed E-state index contributed by atoms with van der Waals surface area (Å²) in [5.41, 5.74) is -0.0835. The number of carbonyl (C=O) groups is 2. The molecule has 0 aliphatic carbocycles. The van der Waals surface area contributed by atoms with Crippen LogP contribution in [0.25, 0.3) is 0 Å². The molecule has 8 heteroatoms. The zero-order valence-corrected chi connectivity index (χ0v) is 13.1. The van der Waals surface area contributed by atoms with Gasteiger partial charge in [0.15, 0.2) is 17.5 Å². The van der Waals surface area contributed by atoms with Crippen LogP contribution in [0, 0.1) is 17.5 Å². The highest BCUT2D eigenvalue weighted by Crippen LogP contribution is 2.18. The number of hydrogen-bond donors (Lipinski definition) is 0. The average molecular weight is 349 g/mol. The van der Waals surface area contributed by atoms with Gasteiger partial charge in [-0.2, -0.15) is 0 Å². The number of amides is 2. The van der Waals surface area contributed by atoms with Crippen molar-refractivity contribution in [2.75, 3.05) is 26.2 Å². The molecule has 0 N–H and O–H groups in total. The van der Waals surface area contributed by atoms with Crippen LogP contribution in [0.5, 0.6) is 0 Å². The van der Waals surface area contributed by atoms with Gasteiger partial charge in [-0.1, -0.05) is 0 Å². The Morgan fingerprint density at radius 2 is 1.52 bits per heavy atom. The van der Waals surface area contributed by atoms with Crippen molar-refractivity contribution in [1.29, 1.82) is 0 Å². The maximum absolute atomic E-state index is 13.8. The summed E-state index contributed by atoms with van der Waals surface area (Å²) in [4.78, 5) is 31.4. The van der Waals surface area contributed by atoms with Crippen molar-refractivity contribution in [1.82, 2.24) is 14.8 Å². The van der Waals surface area contributed by atoms with Crippen molar-refractivity contribution in [3.05, 3.63) is 65.2 Å². The van der Waals surface area contributed by atoms with Gasteiger partial charge < -0.3 is 9.80 Å². The lowest BCUT2D eigenvalue weighted by atomic mass is 10.1. The fourth-order valence-electron chi connectivity index (χ4n) is 2.65. The molecular weight excluding hydrogens is 335 g/mol. The van der Waals surface area contributed by atoms with Crippen LogP contribution in [0.1, 0.15) is 20.7 Å². The van der Waals surface area contributed by atoms with E-state index in [1.807, 2.05) is 0 Å². The number of piperazine rings is 1. The topological polar surface area (TPSA) is 53.5 Å². The summed E-state index contributed by atoms with van der Waals surface area (Å²) in [6.45, 7) is 0.849. The minimum atomic E-state index is -1.67. The van der Waals surface area contributed by atoms with Crippen molar-refractivity contribution in [3.63, 3.8) is 0 Å². The van der Waals surface area contributed by atoms with E-state index >= 15 is 0 Å². The van der Waals surface area contributed by atoms with Crippen LogP contribution in [0.15, 0.2) is 36.7 Å². The van der Waals surface area contributed by atoms with E-state index in [9.17, 15) is 22.8 Å². The second-order valence-electron chi connectivity index (χ2n) is 5.55. The second kappa shape index (κ2) is 6.92. The fourth-order valence-corrected chi connectivity index (χ4v) is 2.65. The van der Waals surface area contributed by atoms with Crippen molar-refractivity contribution >= 4 is 11.8 Å². The molecule has 1 aliphatic heterocycles. The molecule has 0 atom stereocenters. The van der Waals surface area contributed by atoms with Gasteiger partial charge in [-0.15, -0.1) is 0 Å². The van der Waals surface area contributed by atoms with Crippen molar-refractivity contribution in [3.8, 4) is 0 Å². The number of pyridine rings is 1. The second-order valence-corrected chi connectivity index (χ2v) is 5.55. The Kier molecular flexibility index (Phi) is 4.69. The molecule has 0 unspecified atom stereocenters. The highest BCUT2D eigenvalue weighted by atomic mass is 19.2. The monoisotopic (exact) mass is 349 g/mol.